The van der Waals surface area contributed by atoms with Crippen molar-refractivity contribution in [3.05, 3.63) is 16.7 Å². The number of carbonyl (C=O) groups is 1. The molecule has 1 saturated heterocycles. The third-order valence-electron chi connectivity index (χ3n) is 3.95. The molecule has 130 valence electrons. The molecule has 4 N–H and O–H groups in total. The zero-order chi connectivity index (χ0) is 17.6. The predicted octanol–water partition coefficient (Wildman–Crippen LogP) is -0.647. The third-order valence-corrected chi connectivity index (χ3v) is 3.95. The number of ether oxygens (including phenoxy) is 1. The normalized spacial score (nSPS) is 27.1. The van der Waals surface area contributed by atoms with Gasteiger partial charge >= 0.3 is 0 Å². The highest BCUT2D eigenvalue weighted by Gasteiger charge is 2.42. The SMILES string of the molecule is CC(C)C(=O)Nc1nc2c(ncn2[C@@H]2O[C@H](C)C(O)C2O)c(=O)[nH]1. The van der Waals surface area contributed by atoms with E-state index < -0.39 is 30.1 Å². The van der Waals surface area contributed by atoms with Crippen molar-refractivity contribution in [1.82, 2.24) is 19.5 Å². The number of nitrogens with one attached hydrogen (secondary N) is 2. The van der Waals surface area contributed by atoms with Crippen LogP contribution in [0.15, 0.2) is 11.1 Å². The third kappa shape index (κ3) is 2.68. The van der Waals surface area contributed by atoms with Crippen molar-refractivity contribution in [2.24, 2.45) is 5.92 Å². The number of fused-ring (bicyclic) bond motifs is 1. The summed E-state index contributed by atoms with van der Waals surface area (Å²) in [6.45, 7) is 5.05. The maximum atomic E-state index is 12.1. The summed E-state index contributed by atoms with van der Waals surface area (Å²) < 4.78 is 6.89. The molecule has 1 amide bonds. The lowest BCUT2D eigenvalue weighted by atomic mass is 10.1. The van der Waals surface area contributed by atoms with E-state index in [4.69, 9.17) is 4.74 Å². The Bertz CT molecular complexity index is 829. The highest BCUT2D eigenvalue weighted by molar-refractivity contribution is 5.91. The molecule has 4 atom stereocenters. The van der Waals surface area contributed by atoms with E-state index in [-0.39, 0.29) is 28.9 Å². The Labute approximate surface area is 136 Å². The van der Waals surface area contributed by atoms with Gasteiger partial charge in [-0.25, -0.2) is 4.98 Å². The molecule has 0 aromatic carbocycles. The number of hydrogen-bond donors (Lipinski definition) is 4. The van der Waals surface area contributed by atoms with Crippen molar-refractivity contribution in [2.45, 2.75) is 45.3 Å². The number of anilines is 1. The van der Waals surface area contributed by atoms with Crippen LogP contribution in [-0.2, 0) is 9.53 Å². The maximum absolute atomic E-state index is 12.1. The van der Waals surface area contributed by atoms with Crippen LogP contribution < -0.4 is 10.9 Å². The molecule has 10 heteroatoms. The number of nitrogens with zero attached hydrogens (tertiary/aromatic N) is 3. The van der Waals surface area contributed by atoms with Crippen molar-refractivity contribution < 1.29 is 19.7 Å². The van der Waals surface area contributed by atoms with Crippen molar-refractivity contribution in [2.75, 3.05) is 5.32 Å². The van der Waals surface area contributed by atoms with Crippen LogP contribution in [0.4, 0.5) is 5.95 Å². The molecule has 3 heterocycles. The number of aromatic amines is 1. The first-order chi connectivity index (χ1) is 11.3. The molecule has 0 spiro atoms. The van der Waals surface area contributed by atoms with Crippen LogP contribution in [0.5, 0.6) is 0 Å². The molecule has 2 aromatic rings. The monoisotopic (exact) mass is 337 g/mol. The standard InChI is InChI=1S/C14H19N5O5/c1-5(2)11(22)17-14-16-10-7(12(23)18-14)15-4-19(10)13-9(21)8(20)6(3)24-13/h4-6,8-9,13,20-21H,1-3H3,(H2,16,17,18,22,23)/t6-,8?,9?,13-/m1/s1. The maximum Gasteiger partial charge on any atom is 0.280 e. The van der Waals surface area contributed by atoms with Gasteiger partial charge in [-0.2, -0.15) is 4.98 Å². The van der Waals surface area contributed by atoms with Gasteiger partial charge in [-0.15, -0.1) is 0 Å². The topological polar surface area (TPSA) is 142 Å². The summed E-state index contributed by atoms with van der Waals surface area (Å²) in [5.41, 5.74) is -0.343. The Morgan fingerprint density at radius 2 is 2.12 bits per heavy atom. The van der Waals surface area contributed by atoms with Gasteiger partial charge in [-0.05, 0) is 6.92 Å². The average Bonchev–Trinajstić information content (AvgIpc) is 3.04. The number of imidazole rings is 1. The summed E-state index contributed by atoms with van der Waals surface area (Å²) in [6.07, 6.45) is -2.45. The highest BCUT2D eigenvalue weighted by Crippen LogP contribution is 2.30. The van der Waals surface area contributed by atoms with E-state index in [1.54, 1.807) is 20.8 Å². The molecule has 0 bridgehead atoms. The molecule has 1 aliphatic heterocycles. The molecular formula is C14H19N5O5. The van der Waals surface area contributed by atoms with Gasteiger partial charge in [0.1, 0.15) is 12.2 Å². The van der Waals surface area contributed by atoms with E-state index in [0.717, 1.165) is 0 Å². The number of hydrogen-bond acceptors (Lipinski definition) is 7. The number of amides is 1. The lowest BCUT2D eigenvalue weighted by Gasteiger charge is -2.16. The first kappa shape index (κ1) is 16.6. The van der Waals surface area contributed by atoms with Crippen molar-refractivity contribution >= 4 is 23.0 Å². The Morgan fingerprint density at radius 1 is 1.42 bits per heavy atom. The number of aliphatic hydroxyl groups is 2. The van der Waals surface area contributed by atoms with Gasteiger partial charge in [0, 0.05) is 5.92 Å². The first-order valence-corrected chi connectivity index (χ1v) is 7.59. The quantitative estimate of drug-likeness (QED) is 0.583. The van der Waals surface area contributed by atoms with Gasteiger partial charge in [0.2, 0.25) is 11.9 Å². The minimum Gasteiger partial charge on any atom is -0.388 e. The number of aliphatic hydroxyl groups excluding tert-OH is 2. The van der Waals surface area contributed by atoms with Crippen LogP contribution in [0.2, 0.25) is 0 Å². The van der Waals surface area contributed by atoms with E-state index in [2.05, 4.69) is 20.3 Å². The molecule has 1 aliphatic rings. The van der Waals surface area contributed by atoms with Crippen LogP contribution in [0.3, 0.4) is 0 Å². The fraction of sp³-hybridized carbons (Fsp3) is 0.571. The fourth-order valence-corrected chi connectivity index (χ4v) is 2.49. The average molecular weight is 337 g/mol. The lowest BCUT2D eigenvalue weighted by Crippen LogP contribution is -2.30. The van der Waals surface area contributed by atoms with Gasteiger partial charge in [0.05, 0.1) is 12.4 Å². The molecule has 2 aromatic heterocycles. The van der Waals surface area contributed by atoms with Crippen LogP contribution in [0.25, 0.3) is 11.2 Å². The molecule has 3 rings (SSSR count). The number of aromatic nitrogens is 4. The van der Waals surface area contributed by atoms with Gasteiger partial charge < -0.3 is 14.9 Å². The zero-order valence-electron chi connectivity index (χ0n) is 13.4. The molecule has 0 radical (unpaired) electrons. The Morgan fingerprint density at radius 3 is 2.71 bits per heavy atom. The first-order valence-electron chi connectivity index (χ1n) is 7.59. The largest absolute Gasteiger partial charge is 0.388 e. The molecule has 1 fully saturated rings. The number of rotatable bonds is 3. The smallest absolute Gasteiger partial charge is 0.280 e. The Hall–Kier alpha value is -2.30. The molecular weight excluding hydrogens is 318 g/mol. The van der Waals surface area contributed by atoms with Crippen LogP contribution in [0.1, 0.15) is 27.0 Å². The highest BCUT2D eigenvalue weighted by atomic mass is 16.6. The molecule has 10 nitrogen and oxygen atoms in total. The second-order valence-electron chi connectivity index (χ2n) is 6.10. The minimum atomic E-state index is -1.19. The van der Waals surface area contributed by atoms with Gasteiger partial charge in [0.25, 0.3) is 5.56 Å². The van der Waals surface area contributed by atoms with Gasteiger partial charge in [-0.3, -0.25) is 24.5 Å². The molecule has 0 saturated carbocycles. The number of H-pyrrole nitrogens is 1. The summed E-state index contributed by atoms with van der Waals surface area (Å²) >= 11 is 0. The van der Waals surface area contributed by atoms with Crippen molar-refractivity contribution in [3.63, 3.8) is 0 Å². The molecule has 2 unspecified atom stereocenters. The fourth-order valence-electron chi connectivity index (χ4n) is 2.49. The predicted molar refractivity (Wildman–Crippen MR) is 83.2 cm³/mol. The Kier molecular flexibility index (Phi) is 4.11. The van der Waals surface area contributed by atoms with Crippen LogP contribution >= 0.6 is 0 Å². The second-order valence-corrected chi connectivity index (χ2v) is 6.10. The van der Waals surface area contributed by atoms with E-state index in [9.17, 15) is 19.8 Å². The van der Waals surface area contributed by atoms with E-state index in [0.29, 0.717) is 0 Å². The second kappa shape index (κ2) is 5.96. The summed E-state index contributed by atoms with van der Waals surface area (Å²) in [7, 11) is 0. The summed E-state index contributed by atoms with van der Waals surface area (Å²) in [5, 5.41) is 22.5. The molecule has 24 heavy (non-hydrogen) atoms. The van der Waals surface area contributed by atoms with E-state index >= 15 is 0 Å². The molecule has 0 aliphatic carbocycles. The van der Waals surface area contributed by atoms with Gasteiger partial charge in [-0.1, -0.05) is 13.8 Å². The van der Waals surface area contributed by atoms with Crippen molar-refractivity contribution in [3.8, 4) is 0 Å². The van der Waals surface area contributed by atoms with E-state index in [1.807, 2.05) is 0 Å². The number of carbonyl (C=O) groups excluding carboxylic acids is 1. The van der Waals surface area contributed by atoms with Crippen LogP contribution in [-0.4, -0.2) is 54.0 Å². The summed E-state index contributed by atoms with van der Waals surface area (Å²) in [4.78, 5) is 34.5. The lowest BCUT2D eigenvalue weighted by molar-refractivity contribution is -0.118. The van der Waals surface area contributed by atoms with E-state index in [1.165, 1.54) is 10.9 Å². The summed E-state index contributed by atoms with van der Waals surface area (Å²) in [6, 6.07) is 0. The van der Waals surface area contributed by atoms with Crippen molar-refractivity contribution in [1.29, 1.82) is 0 Å². The zero-order valence-corrected chi connectivity index (χ0v) is 13.4. The van der Waals surface area contributed by atoms with Gasteiger partial charge in [0.15, 0.2) is 17.4 Å². The summed E-state index contributed by atoms with van der Waals surface area (Å²) in [5.74, 6) is -0.606. The van der Waals surface area contributed by atoms with Crippen LogP contribution in [0, 0.1) is 5.92 Å². The Balaban J connectivity index is 2.03. The minimum absolute atomic E-state index is 0.0194.